The van der Waals surface area contributed by atoms with E-state index in [9.17, 15) is 4.79 Å². The minimum absolute atomic E-state index is 0.460. The molecule has 4 rings (SSSR count). The predicted molar refractivity (Wildman–Crippen MR) is 76.5 cm³/mol. The second kappa shape index (κ2) is 4.04. The van der Waals surface area contributed by atoms with Crippen LogP contribution in [0.2, 0.25) is 0 Å². The first-order valence-electron chi connectivity index (χ1n) is 5.82. The van der Waals surface area contributed by atoms with E-state index in [1.165, 1.54) is 0 Å². The van der Waals surface area contributed by atoms with Crippen LogP contribution in [0.1, 0.15) is 0 Å². The maximum Gasteiger partial charge on any atom is 0.417 e. The molecule has 0 fully saturated rings. The molecule has 0 aliphatic heterocycles. The maximum atomic E-state index is 11.2. The molecular formula is C13H7BrN4O2. The standard InChI is InChI=1S/C13H7BrN4O2/c14-8-4-15-12-16-10(6-18(12)5-8)7-1-2-9-11(3-7)20-13(19)17-9/h1-6H,(H,17,19). The van der Waals surface area contributed by atoms with E-state index in [-0.39, 0.29) is 0 Å². The van der Waals surface area contributed by atoms with Gasteiger partial charge in [-0.15, -0.1) is 0 Å². The van der Waals surface area contributed by atoms with Gasteiger partial charge in [0, 0.05) is 24.2 Å². The fourth-order valence-electron chi connectivity index (χ4n) is 2.10. The van der Waals surface area contributed by atoms with Crippen LogP contribution in [0.5, 0.6) is 0 Å². The van der Waals surface area contributed by atoms with Crippen LogP contribution in [0.3, 0.4) is 0 Å². The molecule has 98 valence electrons. The smallest absolute Gasteiger partial charge is 0.408 e. The highest BCUT2D eigenvalue weighted by Crippen LogP contribution is 2.23. The summed E-state index contributed by atoms with van der Waals surface area (Å²) in [5.74, 6) is 0.150. The lowest BCUT2D eigenvalue weighted by Crippen LogP contribution is -1.92. The molecule has 6 nitrogen and oxygen atoms in total. The highest BCUT2D eigenvalue weighted by Gasteiger charge is 2.08. The number of rotatable bonds is 1. The lowest BCUT2D eigenvalue weighted by atomic mass is 10.1. The van der Waals surface area contributed by atoms with Crippen molar-refractivity contribution >= 4 is 32.8 Å². The molecule has 0 spiro atoms. The third-order valence-corrected chi connectivity index (χ3v) is 3.40. The second-order valence-corrected chi connectivity index (χ2v) is 5.25. The summed E-state index contributed by atoms with van der Waals surface area (Å²) in [6.07, 6.45) is 5.45. The lowest BCUT2D eigenvalue weighted by molar-refractivity contribution is 0.555. The van der Waals surface area contributed by atoms with Crippen molar-refractivity contribution in [3.63, 3.8) is 0 Å². The molecule has 0 radical (unpaired) electrons. The maximum absolute atomic E-state index is 11.2. The third kappa shape index (κ3) is 1.75. The topological polar surface area (TPSA) is 76.2 Å². The summed E-state index contributed by atoms with van der Waals surface area (Å²) in [4.78, 5) is 22.4. The van der Waals surface area contributed by atoms with Crippen LogP contribution in [-0.2, 0) is 0 Å². The van der Waals surface area contributed by atoms with Crippen LogP contribution >= 0.6 is 15.9 Å². The number of aromatic amines is 1. The monoisotopic (exact) mass is 330 g/mol. The van der Waals surface area contributed by atoms with Gasteiger partial charge in [0.05, 0.1) is 15.7 Å². The summed E-state index contributed by atoms with van der Waals surface area (Å²) in [7, 11) is 0. The first-order valence-corrected chi connectivity index (χ1v) is 6.62. The Bertz CT molecular complexity index is 998. The molecule has 0 aliphatic rings. The number of imidazole rings is 1. The van der Waals surface area contributed by atoms with E-state index in [0.29, 0.717) is 16.9 Å². The Hall–Kier alpha value is -2.41. The van der Waals surface area contributed by atoms with Crippen LogP contribution in [0, 0.1) is 0 Å². The van der Waals surface area contributed by atoms with Gasteiger partial charge < -0.3 is 4.42 Å². The van der Waals surface area contributed by atoms with Crippen molar-refractivity contribution in [2.75, 3.05) is 0 Å². The summed E-state index contributed by atoms with van der Waals surface area (Å²) in [5.41, 5.74) is 2.81. The van der Waals surface area contributed by atoms with Crippen LogP contribution in [-0.4, -0.2) is 19.4 Å². The van der Waals surface area contributed by atoms with Crippen molar-refractivity contribution < 1.29 is 4.42 Å². The fraction of sp³-hybridized carbons (Fsp3) is 0. The number of nitrogens with one attached hydrogen (secondary N) is 1. The van der Waals surface area contributed by atoms with Gasteiger partial charge in [-0.25, -0.2) is 14.8 Å². The summed E-state index contributed by atoms with van der Waals surface area (Å²) >= 11 is 3.37. The zero-order valence-electron chi connectivity index (χ0n) is 10.0. The number of aromatic nitrogens is 4. The number of hydrogen-bond acceptors (Lipinski definition) is 4. The largest absolute Gasteiger partial charge is 0.417 e. The molecule has 3 aromatic heterocycles. The highest BCUT2D eigenvalue weighted by atomic mass is 79.9. The first kappa shape index (κ1) is 11.4. The normalized spacial score (nSPS) is 11.4. The number of hydrogen-bond donors (Lipinski definition) is 1. The SMILES string of the molecule is O=c1[nH]c2ccc(-c3cn4cc(Br)cnc4n3)cc2o1. The molecule has 0 amide bonds. The highest BCUT2D eigenvalue weighted by molar-refractivity contribution is 9.10. The Morgan fingerprint density at radius 3 is 3.10 bits per heavy atom. The molecule has 1 N–H and O–H groups in total. The van der Waals surface area contributed by atoms with Crippen LogP contribution in [0.4, 0.5) is 0 Å². The number of oxazole rings is 1. The summed E-state index contributed by atoms with van der Waals surface area (Å²) in [5, 5.41) is 0. The van der Waals surface area contributed by atoms with Gasteiger partial charge in [0.15, 0.2) is 5.58 Å². The molecule has 7 heteroatoms. The van der Waals surface area contributed by atoms with E-state index in [1.54, 1.807) is 18.3 Å². The van der Waals surface area contributed by atoms with Gasteiger partial charge in [-0.1, -0.05) is 6.07 Å². The fourth-order valence-corrected chi connectivity index (χ4v) is 2.43. The molecule has 1 aromatic carbocycles. The number of nitrogens with zero attached hydrogens (tertiary/aromatic N) is 3. The van der Waals surface area contributed by atoms with Crippen molar-refractivity contribution in [3.8, 4) is 11.3 Å². The molecule has 0 atom stereocenters. The Kier molecular flexibility index (Phi) is 2.31. The van der Waals surface area contributed by atoms with Crippen molar-refractivity contribution in [2.24, 2.45) is 0 Å². The number of H-pyrrole nitrogens is 1. The van der Waals surface area contributed by atoms with E-state index < -0.39 is 5.76 Å². The van der Waals surface area contributed by atoms with Gasteiger partial charge in [0.2, 0.25) is 5.78 Å². The minimum Gasteiger partial charge on any atom is -0.408 e. The molecular weight excluding hydrogens is 324 g/mol. The predicted octanol–water partition coefficient (Wildman–Crippen LogP) is 2.59. The van der Waals surface area contributed by atoms with Gasteiger partial charge in [0.25, 0.3) is 0 Å². The third-order valence-electron chi connectivity index (χ3n) is 3.00. The first-order chi connectivity index (χ1) is 9.69. The number of halogens is 1. The molecule has 4 aromatic rings. The van der Waals surface area contributed by atoms with Crippen molar-refractivity contribution in [2.45, 2.75) is 0 Å². The van der Waals surface area contributed by atoms with Crippen LogP contribution < -0.4 is 5.76 Å². The molecule has 0 unspecified atom stereocenters. The molecule has 0 aliphatic carbocycles. The van der Waals surface area contributed by atoms with E-state index in [0.717, 1.165) is 15.7 Å². The van der Waals surface area contributed by atoms with Gasteiger partial charge in [0.1, 0.15) is 0 Å². The van der Waals surface area contributed by atoms with Gasteiger partial charge in [-0.05, 0) is 28.1 Å². The molecule has 0 bridgehead atoms. The Morgan fingerprint density at radius 2 is 2.20 bits per heavy atom. The number of benzene rings is 1. The zero-order chi connectivity index (χ0) is 13.7. The molecule has 0 saturated heterocycles. The quantitative estimate of drug-likeness (QED) is 0.582. The summed E-state index contributed by atoms with van der Waals surface area (Å²) in [6, 6.07) is 5.46. The Morgan fingerprint density at radius 1 is 1.30 bits per heavy atom. The van der Waals surface area contributed by atoms with E-state index in [1.807, 2.05) is 22.9 Å². The van der Waals surface area contributed by atoms with Crippen molar-refractivity contribution in [3.05, 3.63) is 51.8 Å². The van der Waals surface area contributed by atoms with Crippen LogP contribution in [0.15, 0.2) is 50.5 Å². The van der Waals surface area contributed by atoms with Crippen LogP contribution in [0.25, 0.3) is 28.1 Å². The van der Waals surface area contributed by atoms with Gasteiger partial charge in [-0.3, -0.25) is 9.38 Å². The van der Waals surface area contributed by atoms with E-state index >= 15 is 0 Å². The number of fused-ring (bicyclic) bond motifs is 2. The average Bonchev–Trinajstić information content (AvgIpc) is 2.99. The Labute approximate surface area is 120 Å². The Balaban J connectivity index is 1.92. The van der Waals surface area contributed by atoms with E-state index in [4.69, 9.17) is 4.42 Å². The van der Waals surface area contributed by atoms with E-state index in [2.05, 4.69) is 30.9 Å². The van der Waals surface area contributed by atoms with Gasteiger partial charge in [-0.2, -0.15) is 0 Å². The zero-order valence-corrected chi connectivity index (χ0v) is 11.6. The molecule has 0 saturated carbocycles. The molecule has 20 heavy (non-hydrogen) atoms. The van der Waals surface area contributed by atoms with Gasteiger partial charge >= 0.3 is 5.76 Å². The lowest BCUT2D eigenvalue weighted by Gasteiger charge is -1.94. The minimum atomic E-state index is -0.460. The van der Waals surface area contributed by atoms with Crippen molar-refractivity contribution in [1.82, 2.24) is 19.4 Å². The summed E-state index contributed by atoms with van der Waals surface area (Å²) < 4.78 is 7.76. The second-order valence-electron chi connectivity index (χ2n) is 4.33. The molecule has 3 heterocycles. The summed E-state index contributed by atoms with van der Waals surface area (Å²) in [6.45, 7) is 0. The average molecular weight is 331 g/mol. The van der Waals surface area contributed by atoms with Crippen molar-refractivity contribution in [1.29, 1.82) is 0 Å².